The van der Waals surface area contributed by atoms with E-state index in [0.717, 1.165) is 40.8 Å². The molecule has 0 spiro atoms. The molecule has 0 amide bonds. The van der Waals surface area contributed by atoms with Gasteiger partial charge in [0.15, 0.2) is 0 Å². The standard InChI is InChI=1S/C31H28O7/c1-4-29(32)36-17-7-6-16-35-22-10-8-21(9-11-22)31(34)38-24-13-15-26-25-14-12-23(37-30(33)5-2)18-27(25)20(3)28(26)19-24/h4-5,8-15,18-20H,1-2,6-7,16-17H2,3H3. The van der Waals surface area contributed by atoms with Crippen molar-refractivity contribution in [3.63, 3.8) is 0 Å². The zero-order valence-corrected chi connectivity index (χ0v) is 21.1. The van der Waals surface area contributed by atoms with Crippen molar-refractivity contribution in [1.29, 1.82) is 0 Å². The topological polar surface area (TPSA) is 88.1 Å². The number of fused-ring (bicyclic) bond motifs is 3. The second-order valence-electron chi connectivity index (χ2n) is 8.69. The van der Waals surface area contributed by atoms with E-state index in [1.54, 1.807) is 36.4 Å². The van der Waals surface area contributed by atoms with Crippen molar-refractivity contribution in [3.05, 3.63) is 103 Å². The van der Waals surface area contributed by atoms with E-state index >= 15 is 0 Å². The van der Waals surface area contributed by atoms with Crippen molar-refractivity contribution >= 4 is 17.9 Å². The minimum atomic E-state index is -0.509. The van der Waals surface area contributed by atoms with Gasteiger partial charge in [0.05, 0.1) is 18.8 Å². The Morgan fingerprint density at radius 2 is 1.29 bits per heavy atom. The summed E-state index contributed by atoms with van der Waals surface area (Å²) >= 11 is 0. The van der Waals surface area contributed by atoms with Crippen LogP contribution in [-0.2, 0) is 14.3 Å². The zero-order chi connectivity index (χ0) is 27.1. The minimum Gasteiger partial charge on any atom is -0.494 e. The summed E-state index contributed by atoms with van der Waals surface area (Å²) in [5, 5.41) is 0. The van der Waals surface area contributed by atoms with Crippen molar-refractivity contribution in [2.75, 3.05) is 13.2 Å². The molecule has 1 unspecified atom stereocenters. The number of hydrogen-bond acceptors (Lipinski definition) is 7. The van der Waals surface area contributed by atoms with Crippen LogP contribution in [0.3, 0.4) is 0 Å². The Morgan fingerprint density at radius 3 is 1.89 bits per heavy atom. The molecule has 1 atom stereocenters. The lowest BCUT2D eigenvalue weighted by molar-refractivity contribution is -0.137. The number of ether oxygens (including phenoxy) is 4. The highest BCUT2D eigenvalue weighted by atomic mass is 16.5. The fourth-order valence-corrected chi connectivity index (χ4v) is 4.22. The van der Waals surface area contributed by atoms with Crippen molar-refractivity contribution < 1.29 is 33.3 Å². The highest BCUT2D eigenvalue weighted by Crippen LogP contribution is 2.47. The van der Waals surface area contributed by atoms with Crippen LogP contribution in [-0.4, -0.2) is 31.1 Å². The maximum Gasteiger partial charge on any atom is 0.343 e. The molecule has 3 aromatic rings. The third-order valence-electron chi connectivity index (χ3n) is 6.17. The summed E-state index contributed by atoms with van der Waals surface area (Å²) in [6.07, 6.45) is 3.66. The first-order valence-corrected chi connectivity index (χ1v) is 12.3. The molecule has 7 heteroatoms. The number of rotatable bonds is 11. The molecular weight excluding hydrogens is 484 g/mol. The Hall–Kier alpha value is -4.65. The first-order chi connectivity index (χ1) is 18.4. The Bertz CT molecular complexity index is 1370. The molecule has 0 radical (unpaired) electrons. The number of carbonyl (C=O) groups excluding carboxylic acids is 3. The molecule has 0 aromatic heterocycles. The predicted molar refractivity (Wildman–Crippen MR) is 143 cm³/mol. The average molecular weight is 513 g/mol. The van der Waals surface area contributed by atoms with Gasteiger partial charge >= 0.3 is 17.9 Å². The summed E-state index contributed by atoms with van der Waals surface area (Å²) in [6, 6.07) is 17.9. The molecule has 1 aliphatic rings. The fourth-order valence-electron chi connectivity index (χ4n) is 4.22. The van der Waals surface area contributed by atoms with Crippen molar-refractivity contribution in [2.24, 2.45) is 0 Å². The highest BCUT2D eigenvalue weighted by Gasteiger charge is 2.27. The van der Waals surface area contributed by atoms with Crippen LogP contribution < -0.4 is 14.2 Å². The van der Waals surface area contributed by atoms with E-state index in [1.165, 1.54) is 0 Å². The number of esters is 3. The highest BCUT2D eigenvalue weighted by molar-refractivity contribution is 5.91. The van der Waals surface area contributed by atoms with Gasteiger partial charge in [0.1, 0.15) is 17.2 Å². The number of carbonyl (C=O) groups is 3. The maximum atomic E-state index is 12.7. The van der Waals surface area contributed by atoms with Gasteiger partial charge in [0, 0.05) is 18.1 Å². The van der Waals surface area contributed by atoms with E-state index in [4.69, 9.17) is 18.9 Å². The molecule has 7 nitrogen and oxygen atoms in total. The number of hydrogen-bond donors (Lipinski definition) is 0. The van der Waals surface area contributed by atoms with Gasteiger partial charge in [-0.05, 0) is 83.6 Å². The van der Waals surface area contributed by atoms with Crippen LogP contribution in [0.4, 0.5) is 0 Å². The first kappa shape index (κ1) is 26.4. The summed E-state index contributed by atoms with van der Waals surface area (Å²) < 4.78 is 21.5. The zero-order valence-electron chi connectivity index (χ0n) is 21.1. The molecule has 0 aliphatic heterocycles. The maximum absolute atomic E-state index is 12.7. The Labute approximate surface area is 221 Å². The SMILES string of the molecule is C=CC(=O)OCCCCOc1ccc(C(=O)Oc2ccc3c(c2)C(C)c2cc(OC(=O)C=C)ccc2-3)cc1. The molecule has 0 N–H and O–H groups in total. The van der Waals surface area contributed by atoms with Crippen molar-refractivity contribution in [1.82, 2.24) is 0 Å². The molecule has 0 bridgehead atoms. The van der Waals surface area contributed by atoms with Gasteiger partial charge < -0.3 is 18.9 Å². The van der Waals surface area contributed by atoms with Gasteiger partial charge in [-0.15, -0.1) is 0 Å². The van der Waals surface area contributed by atoms with Gasteiger partial charge in [-0.1, -0.05) is 32.2 Å². The van der Waals surface area contributed by atoms with Gasteiger partial charge in [-0.25, -0.2) is 14.4 Å². The summed E-state index contributed by atoms with van der Waals surface area (Å²) in [6.45, 7) is 9.61. The van der Waals surface area contributed by atoms with Gasteiger partial charge in [-0.3, -0.25) is 0 Å². The van der Waals surface area contributed by atoms with E-state index in [0.29, 0.717) is 42.4 Å². The Morgan fingerprint density at radius 1 is 0.737 bits per heavy atom. The predicted octanol–water partition coefficient (Wildman–Crippen LogP) is 6.02. The molecular formula is C31H28O7. The van der Waals surface area contributed by atoms with Crippen LogP contribution in [0.1, 0.15) is 47.2 Å². The lowest BCUT2D eigenvalue weighted by atomic mass is 9.99. The largest absolute Gasteiger partial charge is 0.494 e. The number of benzene rings is 3. The van der Waals surface area contributed by atoms with Crippen LogP contribution in [0.25, 0.3) is 11.1 Å². The van der Waals surface area contributed by atoms with Crippen LogP contribution in [0, 0.1) is 0 Å². The first-order valence-electron chi connectivity index (χ1n) is 12.3. The Balaban J connectivity index is 1.33. The third kappa shape index (κ3) is 6.18. The van der Waals surface area contributed by atoms with Gasteiger partial charge in [0.25, 0.3) is 0 Å². The third-order valence-corrected chi connectivity index (χ3v) is 6.17. The minimum absolute atomic E-state index is 0.0338. The summed E-state index contributed by atoms with van der Waals surface area (Å²) in [5.41, 5.74) is 4.57. The molecule has 1 aliphatic carbocycles. The monoisotopic (exact) mass is 512 g/mol. The average Bonchev–Trinajstić information content (AvgIpc) is 3.21. The molecule has 194 valence electrons. The molecule has 0 saturated heterocycles. The van der Waals surface area contributed by atoms with Crippen LogP contribution >= 0.6 is 0 Å². The van der Waals surface area contributed by atoms with E-state index < -0.39 is 17.9 Å². The molecule has 0 heterocycles. The summed E-state index contributed by atoms with van der Waals surface area (Å²) in [7, 11) is 0. The summed E-state index contributed by atoms with van der Waals surface area (Å²) in [5.74, 6) is 0.159. The van der Waals surface area contributed by atoms with E-state index in [1.807, 2.05) is 24.3 Å². The molecule has 4 rings (SSSR count). The quantitative estimate of drug-likeness (QED) is 0.134. The second-order valence-corrected chi connectivity index (χ2v) is 8.69. The fraction of sp³-hybridized carbons (Fsp3) is 0.194. The van der Waals surface area contributed by atoms with Crippen LogP contribution in [0.2, 0.25) is 0 Å². The second kappa shape index (κ2) is 12.1. The van der Waals surface area contributed by atoms with E-state index in [9.17, 15) is 14.4 Å². The van der Waals surface area contributed by atoms with Crippen LogP contribution in [0.5, 0.6) is 17.2 Å². The van der Waals surface area contributed by atoms with Gasteiger partial charge in [-0.2, -0.15) is 0 Å². The molecule has 38 heavy (non-hydrogen) atoms. The van der Waals surface area contributed by atoms with Crippen molar-refractivity contribution in [2.45, 2.75) is 25.7 Å². The summed E-state index contributed by atoms with van der Waals surface area (Å²) in [4.78, 5) is 35.3. The number of unbranched alkanes of at least 4 members (excludes halogenated alkanes) is 1. The molecule has 3 aromatic carbocycles. The van der Waals surface area contributed by atoms with Gasteiger partial charge in [0.2, 0.25) is 0 Å². The normalized spacial score (nSPS) is 13.0. The smallest absolute Gasteiger partial charge is 0.343 e. The lowest BCUT2D eigenvalue weighted by Gasteiger charge is -2.10. The molecule has 0 saturated carbocycles. The Kier molecular flexibility index (Phi) is 8.38. The lowest BCUT2D eigenvalue weighted by Crippen LogP contribution is -2.09. The van der Waals surface area contributed by atoms with Crippen molar-refractivity contribution in [3.8, 4) is 28.4 Å². The molecule has 0 fully saturated rings. The van der Waals surface area contributed by atoms with E-state index in [-0.39, 0.29) is 5.92 Å². The van der Waals surface area contributed by atoms with E-state index in [2.05, 4.69) is 20.1 Å². The van der Waals surface area contributed by atoms with Crippen LogP contribution in [0.15, 0.2) is 86.0 Å².